The third kappa shape index (κ3) is 1.63. The minimum Gasteiger partial charge on any atom is -0.494 e. The number of amidine groups is 1. The molecule has 80 valence electrons. The monoisotopic (exact) mass is 205 g/mol. The molecule has 1 aromatic carbocycles. The van der Waals surface area contributed by atoms with Crippen LogP contribution in [0.25, 0.3) is 0 Å². The van der Waals surface area contributed by atoms with Crippen LogP contribution in [0.4, 0.5) is 5.69 Å². The fourth-order valence-corrected chi connectivity index (χ4v) is 1.76. The predicted octanol–water partition coefficient (Wildman–Crippen LogP) is 0.936. The van der Waals surface area contributed by atoms with Gasteiger partial charge in [0.2, 0.25) is 0 Å². The number of hydrogen-bond donors (Lipinski definition) is 2. The van der Waals surface area contributed by atoms with Crippen LogP contribution in [0.15, 0.2) is 17.1 Å². The minimum atomic E-state index is 0.658. The number of anilines is 1. The second-order valence-corrected chi connectivity index (χ2v) is 3.53. The molecule has 0 saturated heterocycles. The molecule has 2 rings (SSSR count). The molecule has 0 unspecified atom stereocenters. The molecule has 0 radical (unpaired) electrons. The van der Waals surface area contributed by atoms with E-state index in [-0.39, 0.29) is 0 Å². The predicted molar refractivity (Wildman–Crippen MR) is 61.6 cm³/mol. The first kappa shape index (κ1) is 9.83. The molecule has 0 spiro atoms. The Morgan fingerprint density at radius 3 is 2.87 bits per heavy atom. The smallest absolute Gasteiger partial charge is 0.145 e. The van der Waals surface area contributed by atoms with E-state index < -0.39 is 0 Å². The standard InChI is InChI=1S/C11H15N3O/c1-7-3-4-8(9(12)10(7)15-2)11-13-5-6-14-11/h3-4H,5-6,12H2,1-2H3,(H,13,14). The molecular formula is C11H15N3O. The van der Waals surface area contributed by atoms with Crippen molar-refractivity contribution < 1.29 is 4.74 Å². The highest BCUT2D eigenvalue weighted by molar-refractivity contribution is 6.05. The van der Waals surface area contributed by atoms with E-state index >= 15 is 0 Å². The highest BCUT2D eigenvalue weighted by atomic mass is 16.5. The van der Waals surface area contributed by atoms with Gasteiger partial charge >= 0.3 is 0 Å². The second kappa shape index (κ2) is 3.81. The van der Waals surface area contributed by atoms with Gasteiger partial charge in [-0.25, -0.2) is 0 Å². The molecule has 0 fully saturated rings. The quantitative estimate of drug-likeness (QED) is 0.706. The number of benzene rings is 1. The highest BCUT2D eigenvalue weighted by Gasteiger charge is 2.15. The fourth-order valence-electron chi connectivity index (χ4n) is 1.76. The topological polar surface area (TPSA) is 59.6 Å². The van der Waals surface area contributed by atoms with E-state index in [2.05, 4.69) is 10.3 Å². The van der Waals surface area contributed by atoms with Gasteiger partial charge in [0.15, 0.2) is 0 Å². The van der Waals surface area contributed by atoms with Gasteiger partial charge in [0.05, 0.1) is 19.3 Å². The number of methoxy groups -OCH3 is 1. The maximum Gasteiger partial charge on any atom is 0.145 e. The number of hydrogen-bond acceptors (Lipinski definition) is 4. The summed E-state index contributed by atoms with van der Waals surface area (Å²) in [6, 6.07) is 3.97. The van der Waals surface area contributed by atoms with Crippen LogP contribution in [0.3, 0.4) is 0 Å². The SMILES string of the molecule is COc1c(C)ccc(C2=NCCN2)c1N. The lowest BCUT2D eigenvalue weighted by Gasteiger charge is -2.12. The maximum absolute atomic E-state index is 6.03. The number of nitrogens with zero attached hydrogens (tertiary/aromatic N) is 1. The largest absolute Gasteiger partial charge is 0.494 e. The van der Waals surface area contributed by atoms with E-state index in [4.69, 9.17) is 10.5 Å². The summed E-state index contributed by atoms with van der Waals surface area (Å²) >= 11 is 0. The first-order valence-corrected chi connectivity index (χ1v) is 4.96. The van der Waals surface area contributed by atoms with Crippen molar-refractivity contribution in [2.75, 3.05) is 25.9 Å². The minimum absolute atomic E-state index is 0.658. The van der Waals surface area contributed by atoms with Crippen LogP contribution in [0.1, 0.15) is 11.1 Å². The van der Waals surface area contributed by atoms with Crippen LogP contribution < -0.4 is 15.8 Å². The van der Waals surface area contributed by atoms with Gasteiger partial charge in [-0.05, 0) is 18.6 Å². The molecule has 1 aliphatic rings. The van der Waals surface area contributed by atoms with Crippen molar-refractivity contribution in [2.24, 2.45) is 4.99 Å². The fraction of sp³-hybridized carbons (Fsp3) is 0.364. The number of aryl methyl sites for hydroxylation is 1. The van der Waals surface area contributed by atoms with Gasteiger partial charge in [0, 0.05) is 12.1 Å². The Morgan fingerprint density at radius 1 is 1.47 bits per heavy atom. The van der Waals surface area contributed by atoms with Gasteiger partial charge in [-0.3, -0.25) is 4.99 Å². The molecule has 0 saturated carbocycles. The number of nitrogen functional groups attached to an aromatic ring is 1. The highest BCUT2D eigenvalue weighted by Crippen LogP contribution is 2.29. The molecule has 0 amide bonds. The lowest BCUT2D eigenvalue weighted by atomic mass is 10.1. The summed E-state index contributed by atoms with van der Waals surface area (Å²) in [7, 11) is 1.63. The van der Waals surface area contributed by atoms with Gasteiger partial charge in [-0.1, -0.05) is 6.07 Å². The van der Waals surface area contributed by atoms with Crippen molar-refractivity contribution in [1.82, 2.24) is 5.32 Å². The number of rotatable bonds is 2. The molecule has 1 heterocycles. The summed E-state index contributed by atoms with van der Waals surface area (Å²) in [6.07, 6.45) is 0. The van der Waals surface area contributed by atoms with Crippen LogP contribution in [0.2, 0.25) is 0 Å². The van der Waals surface area contributed by atoms with Gasteiger partial charge in [-0.2, -0.15) is 0 Å². The zero-order valence-electron chi connectivity index (χ0n) is 9.00. The summed E-state index contributed by atoms with van der Waals surface area (Å²) in [5.41, 5.74) is 8.65. The van der Waals surface area contributed by atoms with Gasteiger partial charge in [0.25, 0.3) is 0 Å². The molecule has 0 atom stereocenters. The number of ether oxygens (including phenoxy) is 1. The molecule has 4 nitrogen and oxygen atoms in total. The second-order valence-electron chi connectivity index (χ2n) is 3.53. The Bertz CT molecular complexity index is 413. The maximum atomic E-state index is 6.03. The Balaban J connectivity index is 2.49. The summed E-state index contributed by atoms with van der Waals surface area (Å²) in [5.74, 6) is 1.61. The van der Waals surface area contributed by atoms with Crippen molar-refractivity contribution in [1.29, 1.82) is 0 Å². The third-order valence-electron chi connectivity index (χ3n) is 2.53. The average Bonchev–Trinajstić information content (AvgIpc) is 2.71. The van der Waals surface area contributed by atoms with E-state index in [1.54, 1.807) is 7.11 Å². The molecule has 0 aromatic heterocycles. The Morgan fingerprint density at radius 2 is 2.27 bits per heavy atom. The zero-order chi connectivity index (χ0) is 10.8. The van der Waals surface area contributed by atoms with E-state index in [0.29, 0.717) is 5.69 Å². The van der Waals surface area contributed by atoms with Gasteiger partial charge in [-0.15, -0.1) is 0 Å². The Hall–Kier alpha value is -1.71. The van der Waals surface area contributed by atoms with Crippen molar-refractivity contribution in [3.63, 3.8) is 0 Å². The first-order chi connectivity index (χ1) is 7.24. The number of nitrogens with one attached hydrogen (secondary N) is 1. The van der Waals surface area contributed by atoms with Gasteiger partial charge in [0.1, 0.15) is 11.6 Å². The van der Waals surface area contributed by atoms with E-state index in [1.807, 2.05) is 19.1 Å². The summed E-state index contributed by atoms with van der Waals surface area (Å²) < 4.78 is 5.27. The number of aliphatic imine (C=N–C) groups is 1. The molecule has 15 heavy (non-hydrogen) atoms. The van der Waals surface area contributed by atoms with E-state index in [1.165, 1.54) is 0 Å². The van der Waals surface area contributed by atoms with E-state index in [9.17, 15) is 0 Å². The van der Waals surface area contributed by atoms with Crippen LogP contribution in [0, 0.1) is 6.92 Å². The third-order valence-corrected chi connectivity index (χ3v) is 2.53. The molecule has 3 N–H and O–H groups in total. The van der Waals surface area contributed by atoms with Crippen LogP contribution in [-0.4, -0.2) is 26.0 Å². The lowest BCUT2D eigenvalue weighted by molar-refractivity contribution is 0.414. The van der Waals surface area contributed by atoms with Crippen molar-refractivity contribution in [3.8, 4) is 5.75 Å². The average molecular weight is 205 g/mol. The van der Waals surface area contributed by atoms with Crippen molar-refractivity contribution in [2.45, 2.75) is 6.92 Å². The molecule has 1 aromatic rings. The lowest BCUT2D eigenvalue weighted by Crippen LogP contribution is -2.21. The van der Waals surface area contributed by atoms with Crippen LogP contribution in [0.5, 0.6) is 5.75 Å². The molecule has 0 aliphatic carbocycles. The normalized spacial score (nSPS) is 14.7. The van der Waals surface area contributed by atoms with Crippen molar-refractivity contribution in [3.05, 3.63) is 23.3 Å². The summed E-state index contributed by atoms with van der Waals surface area (Å²) in [5, 5.41) is 3.20. The van der Waals surface area contributed by atoms with Crippen LogP contribution >= 0.6 is 0 Å². The van der Waals surface area contributed by atoms with E-state index in [0.717, 1.165) is 35.8 Å². The Kier molecular flexibility index (Phi) is 2.49. The Labute approximate surface area is 89.1 Å². The molecule has 1 aliphatic heterocycles. The van der Waals surface area contributed by atoms with Gasteiger partial charge < -0.3 is 15.8 Å². The van der Waals surface area contributed by atoms with Crippen LogP contribution in [-0.2, 0) is 0 Å². The summed E-state index contributed by atoms with van der Waals surface area (Å²) in [4.78, 5) is 4.34. The van der Waals surface area contributed by atoms with Crippen molar-refractivity contribution >= 4 is 11.5 Å². The first-order valence-electron chi connectivity index (χ1n) is 4.96. The molecular weight excluding hydrogens is 190 g/mol. The summed E-state index contributed by atoms with van der Waals surface area (Å²) in [6.45, 7) is 3.67. The molecule has 4 heteroatoms. The number of nitrogens with two attached hydrogens (primary N) is 1. The zero-order valence-corrected chi connectivity index (χ0v) is 9.00. The molecule has 0 bridgehead atoms.